The van der Waals surface area contributed by atoms with Crippen LogP contribution in [0, 0.1) is 0 Å². The van der Waals surface area contributed by atoms with Crippen LogP contribution >= 0.6 is 0 Å². The number of nitrogen functional groups attached to an aromatic ring is 1. The smallest absolute Gasteiger partial charge is 0.237 e. The first-order valence-electron chi connectivity index (χ1n) is 5.15. The van der Waals surface area contributed by atoms with Crippen molar-refractivity contribution in [3.05, 3.63) is 42.6 Å². The zero-order valence-electron chi connectivity index (χ0n) is 8.92. The van der Waals surface area contributed by atoms with Crippen LogP contribution in [0.3, 0.4) is 0 Å². The van der Waals surface area contributed by atoms with Gasteiger partial charge in [0.25, 0.3) is 0 Å². The Labute approximate surface area is 97.6 Å². The molecule has 84 valence electrons. The maximum absolute atomic E-state index is 5.73. The fourth-order valence-corrected chi connectivity index (χ4v) is 1.67. The van der Waals surface area contributed by atoms with Crippen LogP contribution in [0.4, 0.5) is 5.95 Å². The molecule has 5 heteroatoms. The molecule has 3 N–H and O–H groups in total. The van der Waals surface area contributed by atoms with Crippen molar-refractivity contribution in [3.63, 3.8) is 0 Å². The Hall–Kier alpha value is -2.40. The summed E-state index contributed by atoms with van der Waals surface area (Å²) < 4.78 is 5.73. The highest BCUT2D eigenvalue weighted by atomic mass is 16.3. The van der Waals surface area contributed by atoms with E-state index >= 15 is 0 Å². The third-order valence-corrected chi connectivity index (χ3v) is 2.48. The van der Waals surface area contributed by atoms with E-state index in [1.165, 1.54) is 0 Å². The summed E-state index contributed by atoms with van der Waals surface area (Å²) >= 11 is 0. The molecular formula is C12H10N4O. The van der Waals surface area contributed by atoms with Crippen LogP contribution in [0.2, 0.25) is 0 Å². The zero-order chi connectivity index (χ0) is 11.7. The average molecular weight is 226 g/mol. The molecule has 2 heterocycles. The van der Waals surface area contributed by atoms with Gasteiger partial charge in [0.2, 0.25) is 5.95 Å². The lowest BCUT2D eigenvalue weighted by Crippen LogP contribution is -2.10. The minimum Gasteiger partial charge on any atom is -0.454 e. The van der Waals surface area contributed by atoms with Crippen molar-refractivity contribution >= 4 is 5.95 Å². The maximum Gasteiger partial charge on any atom is 0.237 e. The minimum atomic E-state index is 0.361. The summed E-state index contributed by atoms with van der Waals surface area (Å²) in [6.45, 7) is 0. The predicted octanol–water partition coefficient (Wildman–Crippen LogP) is 2.13. The molecule has 0 saturated heterocycles. The molecule has 1 aliphatic carbocycles. The van der Waals surface area contributed by atoms with Crippen LogP contribution in [0.1, 0.15) is 0 Å². The van der Waals surface area contributed by atoms with E-state index < -0.39 is 0 Å². The molecule has 0 radical (unpaired) electrons. The van der Waals surface area contributed by atoms with E-state index in [1.807, 2.05) is 30.3 Å². The molecule has 0 bridgehead atoms. The van der Waals surface area contributed by atoms with Crippen molar-refractivity contribution in [1.29, 1.82) is 0 Å². The van der Waals surface area contributed by atoms with Gasteiger partial charge in [-0.05, 0) is 24.3 Å². The second kappa shape index (κ2) is 3.88. The Kier molecular flexibility index (Phi) is 2.23. The molecule has 5 nitrogen and oxygen atoms in total. The Bertz CT molecular complexity index is 620. The van der Waals surface area contributed by atoms with Crippen molar-refractivity contribution in [2.75, 3.05) is 5.43 Å². The van der Waals surface area contributed by atoms with Gasteiger partial charge in [-0.15, -0.1) is 0 Å². The van der Waals surface area contributed by atoms with Crippen LogP contribution < -0.4 is 11.3 Å². The van der Waals surface area contributed by atoms with E-state index in [-0.39, 0.29) is 0 Å². The van der Waals surface area contributed by atoms with E-state index in [4.69, 9.17) is 10.3 Å². The van der Waals surface area contributed by atoms with Crippen molar-refractivity contribution in [3.8, 4) is 22.8 Å². The maximum atomic E-state index is 5.73. The van der Waals surface area contributed by atoms with Gasteiger partial charge in [-0.1, -0.05) is 12.1 Å². The number of nitrogens with one attached hydrogen (secondary N) is 1. The van der Waals surface area contributed by atoms with E-state index in [0.717, 1.165) is 11.3 Å². The van der Waals surface area contributed by atoms with Crippen LogP contribution in [0.25, 0.3) is 22.8 Å². The Morgan fingerprint density at radius 1 is 1.06 bits per heavy atom. The van der Waals surface area contributed by atoms with Gasteiger partial charge >= 0.3 is 0 Å². The first kappa shape index (κ1) is 9.80. The molecule has 0 aromatic carbocycles. The lowest BCUT2D eigenvalue weighted by atomic mass is 10.2. The summed E-state index contributed by atoms with van der Waals surface area (Å²) in [7, 11) is 0. The molecule has 0 fully saturated rings. The molecule has 0 amide bonds. The summed E-state index contributed by atoms with van der Waals surface area (Å²) in [4.78, 5) is 8.16. The molecular weight excluding hydrogens is 216 g/mol. The summed E-state index contributed by atoms with van der Waals surface area (Å²) in [6.07, 6.45) is 1.63. The van der Waals surface area contributed by atoms with Crippen LogP contribution in [0.5, 0.6) is 0 Å². The molecule has 17 heavy (non-hydrogen) atoms. The van der Waals surface area contributed by atoms with Crippen molar-refractivity contribution in [2.45, 2.75) is 0 Å². The molecule has 0 unspecified atom stereocenters. The summed E-state index contributed by atoms with van der Waals surface area (Å²) in [6, 6.07) is 11.5. The topological polar surface area (TPSA) is 77.0 Å². The fraction of sp³-hybridized carbons (Fsp3) is 0. The third-order valence-electron chi connectivity index (χ3n) is 2.48. The van der Waals surface area contributed by atoms with Gasteiger partial charge in [0.05, 0.1) is 0 Å². The SMILES string of the molecule is NNc1nccc(-c2ccc3cccc-3o2)n1. The zero-order valence-corrected chi connectivity index (χ0v) is 8.92. The molecule has 0 atom stereocenters. The number of rotatable bonds is 2. The van der Waals surface area contributed by atoms with E-state index in [2.05, 4.69) is 15.4 Å². The van der Waals surface area contributed by atoms with Crippen molar-refractivity contribution in [2.24, 2.45) is 5.84 Å². The number of fused-ring (bicyclic) bond motifs is 1. The van der Waals surface area contributed by atoms with Gasteiger partial charge in [0.15, 0.2) is 5.76 Å². The number of nitrogens with zero attached hydrogens (tertiary/aromatic N) is 2. The standard InChI is InChI=1S/C12H10N4O/c13-16-12-14-7-6-9(15-12)11-5-4-8-2-1-3-10(8)17-11/h1-7H,13H2,(H,14,15,16). The van der Waals surface area contributed by atoms with Crippen LogP contribution in [-0.4, -0.2) is 9.97 Å². The molecule has 1 aliphatic heterocycles. The van der Waals surface area contributed by atoms with Gasteiger partial charge in [-0.25, -0.2) is 15.8 Å². The summed E-state index contributed by atoms with van der Waals surface area (Å²) in [5.74, 6) is 7.15. The largest absolute Gasteiger partial charge is 0.454 e. The monoisotopic (exact) mass is 226 g/mol. The summed E-state index contributed by atoms with van der Waals surface area (Å²) in [5, 5.41) is 0. The number of hydrogen-bond donors (Lipinski definition) is 2. The normalized spacial score (nSPS) is 10.6. The number of nitrogens with two attached hydrogens (primary N) is 1. The highest BCUT2D eigenvalue weighted by molar-refractivity contribution is 5.64. The molecule has 1 aromatic heterocycles. The first-order valence-corrected chi connectivity index (χ1v) is 5.15. The Balaban J connectivity index is 2.11. The predicted molar refractivity (Wildman–Crippen MR) is 64.2 cm³/mol. The molecule has 2 aliphatic rings. The lowest BCUT2D eigenvalue weighted by molar-refractivity contribution is 0.580. The quantitative estimate of drug-likeness (QED) is 0.517. The van der Waals surface area contributed by atoms with E-state index in [0.29, 0.717) is 17.4 Å². The Morgan fingerprint density at radius 2 is 2.00 bits per heavy atom. The lowest BCUT2D eigenvalue weighted by Gasteiger charge is -2.04. The van der Waals surface area contributed by atoms with Gasteiger partial charge in [-0.2, -0.15) is 0 Å². The van der Waals surface area contributed by atoms with Gasteiger partial charge in [0.1, 0.15) is 11.5 Å². The van der Waals surface area contributed by atoms with Crippen LogP contribution in [0.15, 0.2) is 47.0 Å². The highest BCUT2D eigenvalue weighted by Gasteiger charge is 2.08. The second-order valence-electron chi connectivity index (χ2n) is 3.55. The van der Waals surface area contributed by atoms with E-state index in [1.54, 1.807) is 12.3 Å². The van der Waals surface area contributed by atoms with Crippen molar-refractivity contribution in [1.82, 2.24) is 9.97 Å². The van der Waals surface area contributed by atoms with Crippen LogP contribution in [-0.2, 0) is 0 Å². The molecule has 0 saturated carbocycles. The Morgan fingerprint density at radius 3 is 2.88 bits per heavy atom. The fourth-order valence-electron chi connectivity index (χ4n) is 1.67. The average Bonchev–Trinajstić information content (AvgIpc) is 2.86. The highest BCUT2D eigenvalue weighted by Crippen LogP contribution is 2.28. The first-order chi connectivity index (χ1) is 8.36. The number of aromatic nitrogens is 2. The van der Waals surface area contributed by atoms with Gasteiger partial charge in [0, 0.05) is 11.8 Å². The van der Waals surface area contributed by atoms with Gasteiger partial charge in [-0.3, -0.25) is 5.43 Å². The number of hydrogen-bond acceptors (Lipinski definition) is 5. The summed E-state index contributed by atoms with van der Waals surface area (Å²) in [5.41, 5.74) is 4.17. The molecule has 3 rings (SSSR count). The molecule has 1 aromatic rings. The minimum absolute atomic E-state index is 0.361. The third kappa shape index (κ3) is 1.72. The number of anilines is 1. The number of hydrazine groups is 1. The second-order valence-corrected chi connectivity index (χ2v) is 3.55. The van der Waals surface area contributed by atoms with E-state index in [9.17, 15) is 0 Å². The van der Waals surface area contributed by atoms with Gasteiger partial charge < -0.3 is 4.42 Å². The van der Waals surface area contributed by atoms with Crippen molar-refractivity contribution < 1.29 is 4.42 Å². The molecule has 0 spiro atoms.